The molecule has 1 aliphatic rings. The number of nitrogens with one attached hydrogen (secondary N) is 1. The first-order chi connectivity index (χ1) is 9.38. The molecule has 0 saturated carbocycles. The lowest BCUT2D eigenvalue weighted by Crippen LogP contribution is -2.37. The van der Waals surface area contributed by atoms with Crippen molar-refractivity contribution in [3.05, 3.63) is 35.6 Å². The summed E-state index contributed by atoms with van der Waals surface area (Å²) in [4.78, 5) is 9.87. The van der Waals surface area contributed by atoms with Crippen LogP contribution in [0.2, 0.25) is 0 Å². The van der Waals surface area contributed by atoms with Crippen LogP contribution in [0.15, 0.2) is 24.1 Å². The molecule has 0 amide bonds. The molecule has 0 aromatic carbocycles. The summed E-state index contributed by atoms with van der Waals surface area (Å²) >= 11 is 1.66. The fourth-order valence-corrected chi connectivity index (χ4v) is 3.23. The average molecular weight is 274 g/mol. The van der Waals surface area contributed by atoms with E-state index in [2.05, 4.69) is 31.0 Å². The van der Waals surface area contributed by atoms with E-state index in [9.17, 15) is 0 Å². The molecule has 0 radical (unpaired) electrons. The van der Waals surface area contributed by atoms with Gasteiger partial charge in [-0.25, -0.2) is 14.6 Å². The highest BCUT2D eigenvalue weighted by atomic mass is 32.1. The van der Waals surface area contributed by atoms with Gasteiger partial charge in [0.1, 0.15) is 12.2 Å². The summed E-state index contributed by atoms with van der Waals surface area (Å²) in [6, 6.07) is 0.453. The van der Waals surface area contributed by atoms with E-state index in [1.54, 1.807) is 17.7 Å². The third kappa shape index (κ3) is 2.04. The van der Waals surface area contributed by atoms with Crippen molar-refractivity contribution in [1.29, 1.82) is 0 Å². The van der Waals surface area contributed by atoms with Crippen molar-refractivity contribution in [2.75, 3.05) is 0 Å². The summed E-state index contributed by atoms with van der Waals surface area (Å²) in [7, 11) is 0. The molecule has 3 aromatic rings. The zero-order valence-electron chi connectivity index (χ0n) is 10.4. The summed E-state index contributed by atoms with van der Waals surface area (Å²) in [5, 5.41) is 9.84. The van der Waals surface area contributed by atoms with Gasteiger partial charge in [-0.3, -0.25) is 4.40 Å². The average Bonchev–Trinajstić information content (AvgIpc) is 3.10. The van der Waals surface area contributed by atoms with Crippen molar-refractivity contribution in [3.8, 4) is 0 Å². The lowest BCUT2D eigenvalue weighted by molar-refractivity contribution is 0.357. The molecule has 4 rings (SSSR count). The van der Waals surface area contributed by atoms with Crippen LogP contribution in [0.5, 0.6) is 0 Å². The van der Waals surface area contributed by atoms with E-state index in [0.29, 0.717) is 6.04 Å². The Morgan fingerprint density at radius 2 is 2.47 bits per heavy atom. The molecule has 0 spiro atoms. The van der Waals surface area contributed by atoms with Crippen molar-refractivity contribution < 1.29 is 0 Å². The molecule has 0 fully saturated rings. The molecular weight excluding hydrogens is 260 g/mol. The molecule has 1 aliphatic heterocycles. The number of nitrogens with zero attached hydrogens (tertiary/aromatic N) is 5. The van der Waals surface area contributed by atoms with Crippen LogP contribution in [-0.2, 0) is 19.5 Å². The van der Waals surface area contributed by atoms with Crippen molar-refractivity contribution in [2.24, 2.45) is 0 Å². The number of fused-ring (bicyclic) bond motifs is 2. The molecule has 4 heterocycles. The van der Waals surface area contributed by atoms with Gasteiger partial charge in [-0.15, -0.1) is 11.3 Å². The maximum atomic E-state index is 4.58. The van der Waals surface area contributed by atoms with Crippen LogP contribution in [-0.4, -0.2) is 30.2 Å². The van der Waals surface area contributed by atoms with Crippen molar-refractivity contribution >= 4 is 16.3 Å². The minimum absolute atomic E-state index is 0.453. The minimum Gasteiger partial charge on any atom is -0.306 e. The molecular formula is C12H14N6S. The summed E-state index contributed by atoms with van der Waals surface area (Å²) in [6.45, 7) is 1.71. The molecule has 7 heteroatoms. The maximum Gasteiger partial charge on any atom is 0.193 e. The second-order valence-electron chi connectivity index (χ2n) is 4.80. The Labute approximate surface area is 114 Å². The lowest BCUT2D eigenvalue weighted by atomic mass is 10.1. The summed E-state index contributed by atoms with van der Waals surface area (Å²) in [5.74, 6) is 1.10. The fraction of sp³-hybridized carbons (Fsp3) is 0.417. The summed E-state index contributed by atoms with van der Waals surface area (Å²) < 4.78 is 4.06. The quantitative estimate of drug-likeness (QED) is 0.777. The Balaban J connectivity index is 1.41. The van der Waals surface area contributed by atoms with Gasteiger partial charge in [0.2, 0.25) is 0 Å². The van der Waals surface area contributed by atoms with E-state index in [-0.39, 0.29) is 0 Å². The third-order valence-corrected chi connectivity index (χ3v) is 4.29. The van der Waals surface area contributed by atoms with E-state index in [0.717, 1.165) is 42.4 Å². The Bertz CT molecular complexity index is 667. The van der Waals surface area contributed by atoms with E-state index >= 15 is 0 Å². The number of aryl methyl sites for hydroxylation is 1. The fourth-order valence-electron chi connectivity index (χ4n) is 2.51. The van der Waals surface area contributed by atoms with Crippen LogP contribution in [0.4, 0.5) is 0 Å². The molecule has 3 aromatic heterocycles. The smallest absolute Gasteiger partial charge is 0.193 e. The molecule has 0 unspecified atom stereocenters. The molecule has 0 bridgehead atoms. The van der Waals surface area contributed by atoms with Crippen molar-refractivity contribution in [3.63, 3.8) is 0 Å². The van der Waals surface area contributed by atoms with Gasteiger partial charge in [-0.1, -0.05) is 0 Å². The van der Waals surface area contributed by atoms with Crippen LogP contribution < -0.4 is 5.32 Å². The van der Waals surface area contributed by atoms with Gasteiger partial charge in [-0.2, -0.15) is 5.10 Å². The van der Waals surface area contributed by atoms with Crippen molar-refractivity contribution in [2.45, 2.75) is 32.0 Å². The molecule has 1 N–H and O–H groups in total. The third-order valence-electron chi connectivity index (χ3n) is 3.52. The minimum atomic E-state index is 0.453. The predicted octanol–water partition coefficient (Wildman–Crippen LogP) is 1.09. The summed E-state index contributed by atoms with van der Waals surface area (Å²) in [5.41, 5.74) is 1.09. The van der Waals surface area contributed by atoms with Crippen molar-refractivity contribution in [1.82, 2.24) is 29.5 Å². The highest BCUT2D eigenvalue weighted by Gasteiger charge is 2.19. The van der Waals surface area contributed by atoms with E-state index in [1.165, 1.54) is 0 Å². The standard InChI is InChI=1S/C12H14N6S/c1-2-11-14-8-15-18(11)7-9(1)13-5-10-6-17-3-4-19-12(17)16-10/h3-4,6,8-9,13H,1-2,5,7H2/t9-/m0/s1. The zero-order valence-corrected chi connectivity index (χ0v) is 11.2. The molecule has 0 aliphatic carbocycles. The number of hydrogen-bond donors (Lipinski definition) is 1. The van der Waals surface area contributed by atoms with Crippen LogP contribution in [0.3, 0.4) is 0 Å². The largest absolute Gasteiger partial charge is 0.306 e. The normalized spacial score (nSPS) is 18.8. The highest BCUT2D eigenvalue weighted by molar-refractivity contribution is 7.15. The SMILES string of the molecule is c1nc2n(n1)C[C@@H](NCc1cn3ccsc3n1)CC2. The van der Waals surface area contributed by atoms with Gasteiger partial charge in [0.05, 0.1) is 12.2 Å². The Kier molecular flexibility index (Phi) is 2.59. The topological polar surface area (TPSA) is 60.0 Å². The molecule has 6 nitrogen and oxygen atoms in total. The van der Waals surface area contributed by atoms with Gasteiger partial charge in [0.15, 0.2) is 4.96 Å². The second kappa shape index (κ2) is 4.43. The van der Waals surface area contributed by atoms with Crippen LogP contribution in [0.25, 0.3) is 4.96 Å². The molecule has 98 valence electrons. The number of hydrogen-bond acceptors (Lipinski definition) is 5. The van der Waals surface area contributed by atoms with E-state index < -0.39 is 0 Å². The van der Waals surface area contributed by atoms with Gasteiger partial charge >= 0.3 is 0 Å². The number of thiazole rings is 1. The Hall–Kier alpha value is -1.73. The van der Waals surface area contributed by atoms with Crippen LogP contribution >= 0.6 is 11.3 Å². The second-order valence-corrected chi connectivity index (χ2v) is 5.67. The van der Waals surface area contributed by atoms with Gasteiger partial charge in [0, 0.05) is 36.8 Å². The predicted molar refractivity (Wildman–Crippen MR) is 72.0 cm³/mol. The Morgan fingerprint density at radius 1 is 1.47 bits per heavy atom. The first kappa shape index (κ1) is 11.1. The molecule has 19 heavy (non-hydrogen) atoms. The molecule has 0 saturated heterocycles. The van der Waals surface area contributed by atoms with Gasteiger partial charge in [0.25, 0.3) is 0 Å². The molecule has 1 atom stereocenters. The number of imidazole rings is 1. The lowest BCUT2D eigenvalue weighted by Gasteiger charge is -2.23. The van der Waals surface area contributed by atoms with Crippen LogP contribution in [0, 0.1) is 0 Å². The zero-order chi connectivity index (χ0) is 12.7. The summed E-state index contributed by atoms with van der Waals surface area (Å²) in [6.07, 6.45) is 7.87. The number of rotatable bonds is 3. The first-order valence-electron chi connectivity index (χ1n) is 6.39. The van der Waals surface area contributed by atoms with Crippen LogP contribution in [0.1, 0.15) is 17.9 Å². The maximum absolute atomic E-state index is 4.58. The highest BCUT2D eigenvalue weighted by Crippen LogP contribution is 2.14. The van der Waals surface area contributed by atoms with E-state index in [1.807, 2.05) is 16.3 Å². The van der Waals surface area contributed by atoms with E-state index in [4.69, 9.17) is 0 Å². The number of aromatic nitrogens is 5. The Morgan fingerprint density at radius 3 is 3.42 bits per heavy atom. The first-order valence-corrected chi connectivity index (χ1v) is 7.27. The monoisotopic (exact) mass is 274 g/mol. The van der Waals surface area contributed by atoms with Gasteiger partial charge < -0.3 is 5.32 Å². The van der Waals surface area contributed by atoms with Gasteiger partial charge in [-0.05, 0) is 6.42 Å².